The molecule has 0 aromatic carbocycles. The van der Waals surface area contributed by atoms with Crippen molar-refractivity contribution in [1.29, 1.82) is 0 Å². The Bertz CT molecular complexity index is 473. The number of amides is 2. The number of hydrogen-bond donors (Lipinski definition) is 1. The van der Waals surface area contributed by atoms with Crippen molar-refractivity contribution in [3.05, 3.63) is 0 Å². The molecule has 144 valence electrons. The zero-order chi connectivity index (χ0) is 19.0. The molecule has 0 bridgehead atoms. The topological polar surface area (TPSA) is 84.9 Å². The molecule has 2 atom stereocenters. The van der Waals surface area contributed by atoms with Crippen LogP contribution in [-0.4, -0.2) is 53.7 Å². The third-order valence-electron chi connectivity index (χ3n) is 3.97. The number of nitrogens with zero attached hydrogens (tertiary/aromatic N) is 1. The second-order valence-corrected chi connectivity index (χ2v) is 7.43. The Morgan fingerprint density at radius 1 is 1.24 bits per heavy atom. The maximum Gasteiger partial charge on any atom is 0.408 e. The molecule has 1 aliphatic heterocycles. The van der Waals surface area contributed by atoms with Crippen molar-refractivity contribution in [1.82, 2.24) is 10.2 Å². The van der Waals surface area contributed by atoms with Gasteiger partial charge in [0.05, 0.1) is 6.61 Å². The molecule has 0 aromatic rings. The van der Waals surface area contributed by atoms with Crippen LogP contribution in [-0.2, 0) is 19.1 Å². The number of rotatable bonds is 8. The van der Waals surface area contributed by atoms with Gasteiger partial charge in [0.15, 0.2) is 0 Å². The molecular weight excluding hydrogens is 324 g/mol. The third-order valence-corrected chi connectivity index (χ3v) is 3.97. The fourth-order valence-electron chi connectivity index (χ4n) is 2.85. The Morgan fingerprint density at radius 2 is 1.92 bits per heavy atom. The maximum atomic E-state index is 12.5. The van der Waals surface area contributed by atoms with E-state index in [1.807, 2.05) is 6.92 Å². The van der Waals surface area contributed by atoms with Crippen LogP contribution >= 0.6 is 0 Å². The van der Waals surface area contributed by atoms with Gasteiger partial charge in [0, 0.05) is 19.0 Å². The lowest BCUT2D eigenvalue weighted by Gasteiger charge is -2.22. The Balaban J connectivity index is 2.33. The molecule has 0 radical (unpaired) electrons. The van der Waals surface area contributed by atoms with Gasteiger partial charge in [-0.25, -0.2) is 4.79 Å². The van der Waals surface area contributed by atoms with E-state index >= 15 is 0 Å². The van der Waals surface area contributed by atoms with E-state index in [0.717, 1.165) is 19.3 Å². The van der Waals surface area contributed by atoms with E-state index in [-0.39, 0.29) is 17.9 Å². The molecule has 2 unspecified atom stereocenters. The lowest BCUT2D eigenvalue weighted by atomic mass is 10.1. The second-order valence-electron chi connectivity index (χ2n) is 7.43. The van der Waals surface area contributed by atoms with E-state index in [1.165, 1.54) is 0 Å². The van der Waals surface area contributed by atoms with Crippen molar-refractivity contribution >= 4 is 18.0 Å². The van der Waals surface area contributed by atoms with Gasteiger partial charge in [-0.15, -0.1) is 0 Å². The van der Waals surface area contributed by atoms with Gasteiger partial charge in [0.2, 0.25) is 5.91 Å². The number of nitrogens with one attached hydrogen (secondary N) is 1. The van der Waals surface area contributed by atoms with Crippen molar-refractivity contribution in [2.45, 2.75) is 84.4 Å². The molecule has 0 saturated carbocycles. The SMILES string of the molecule is CCOC(=O)CCCCCN1C(=O)C(NC(=O)OC(C)(C)C)CC1C. The van der Waals surface area contributed by atoms with Crippen molar-refractivity contribution in [3.8, 4) is 0 Å². The van der Waals surface area contributed by atoms with Crippen LogP contribution in [0.15, 0.2) is 0 Å². The lowest BCUT2D eigenvalue weighted by Crippen LogP contribution is -2.44. The van der Waals surface area contributed by atoms with Gasteiger partial charge in [-0.3, -0.25) is 9.59 Å². The summed E-state index contributed by atoms with van der Waals surface area (Å²) in [6, 6.07) is -0.443. The first-order valence-electron chi connectivity index (χ1n) is 9.09. The molecule has 25 heavy (non-hydrogen) atoms. The number of ether oxygens (including phenoxy) is 2. The normalized spacial score (nSPS) is 20.5. The molecule has 2 amide bonds. The Kier molecular flexibility index (Phi) is 8.19. The summed E-state index contributed by atoms with van der Waals surface area (Å²) in [7, 11) is 0. The van der Waals surface area contributed by atoms with Gasteiger partial charge in [-0.1, -0.05) is 6.42 Å². The molecule has 1 fully saturated rings. The molecule has 0 aromatic heterocycles. The number of carbonyl (C=O) groups is 3. The number of likely N-dealkylation sites (tertiary alicyclic amines) is 1. The van der Waals surface area contributed by atoms with Crippen molar-refractivity contribution < 1.29 is 23.9 Å². The van der Waals surface area contributed by atoms with Gasteiger partial charge in [0.1, 0.15) is 11.6 Å². The first-order valence-corrected chi connectivity index (χ1v) is 9.09. The molecule has 0 aliphatic carbocycles. The van der Waals surface area contributed by atoms with E-state index < -0.39 is 17.7 Å². The van der Waals surface area contributed by atoms with Gasteiger partial charge >= 0.3 is 12.1 Å². The van der Waals surface area contributed by atoms with Gasteiger partial charge < -0.3 is 19.7 Å². The fraction of sp³-hybridized carbons (Fsp3) is 0.833. The van der Waals surface area contributed by atoms with Crippen molar-refractivity contribution in [2.75, 3.05) is 13.2 Å². The fourth-order valence-corrected chi connectivity index (χ4v) is 2.85. The molecule has 7 nitrogen and oxygen atoms in total. The number of hydrogen-bond acceptors (Lipinski definition) is 5. The maximum absolute atomic E-state index is 12.5. The van der Waals surface area contributed by atoms with E-state index in [9.17, 15) is 14.4 Å². The van der Waals surface area contributed by atoms with E-state index in [4.69, 9.17) is 9.47 Å². The van der Waals surface area contributed by atoms with Crippen LogP contribution in [0.1, 0.15) is 66.7 Å². The Morgan fingerprint density at radius 3 is 2.52 bits per heavy atom. The van der Waals surface area contributed by atoms with Crippen LogP contribution in [0.4, 0.5) is 4.79 Å². The summed E-state index contributed by atoms with van der Waals surface area (Å²) in [4.78, 5) is 37.4. The average Bonchev–Trinajstić information content (AvgIpc) is 2.72. The van der Waals surface area contributed by atoms with Crippen LogP contribution in [0, 0.1) is 0 Å². The molecule has 1 rings (SSSR count). The van der Waals surface area contributed by atoms with E-state index in [1.54, 1.807) is 32.6 Å². The van der Waals surface area contributed by atoms with Gasteiger partial charge in [0.25, 0.3) is 0 Å². The summed E-state index contributed by atoms with van der Waals surface area (Å²) in [6.45, 7) is 10.2. The second kappa shape index (κ2) is 9.63. The zero-order valence-corrected chi connectivity index (χ0v) is 16.1. The van der Waals surface area contributed by atoms with E-state index in [0.29, 0.717) is 26.0 Å². The first-order chi connectivity index (χ1) is 11.6. The molecule has 1 saturated heterocycles. The predicted molar refractivity (Wildman–Crippen MR) is 94.1 cm³/mol. The number of alkyl carbamates (subject to hydrolysis) is 1. The van der Waals surface area contributed by atoms with Crippen LogP contribution in [0.3, 0.4) is 0 Å². The summed E-state index contributed by atoms with van der Waals surface area (Å²) < 4.78 is 10.1. The Hall–Kier alpha value is -1.79. The van der Waals surface area contributed by atoms with E-state index in [2.05, 4.69) is 5.32 Å². The molecule has 7 heteroatoms. The monoisotopic (exact) mass is 356 g/mol. The molecule has 0 spiro atoms. The summed E-state index contributed by atoms with van der Waals surface area (Å²) in [5.74, 6) is -0.238. The van der Waals surface area contributed by atoms with Crippen molar-refractivity contribution in [3.63, 3.8) is 0 Å². The van der Waals surface area contributed by atoms with Crippen LogP contribution < -0.4 is 5.32 Å². The zero-order valence-electron chi connectivity index (χ0n) is 16.1. The number of unbranched alkanes of at least 4 members (excludes halogenated alkanes) is 2. The quantitative estimate of drug-likeness (QED) is 0.534. The summed E-state index contributed by atoms with van der Waals surface area (Å²) in [6.07, 6.45) is 2.89. The minimum atomic E-state index is -0.587. The minimum Gasteiger partial charge on any atom is -0.466 e. The van der Waals surface area contributed by atoms with Crippen LogP contribution in [0.25, 0.3) is 0 Å². The Labute approximate surface area is 150 Å². The minimum absolute atomic E-state index is 0.0660. The van der Waals surface area contributed by atoms with Crippen LogP contribution in [0.5, 0.6) is 0 Å². The number of esters is 1. The predicted octanol–water partition coefficient (Wildman–Crippen LogP) is 2.62. The summed E-state index contributed by atoms with van der Waals surface area (Å²) in [5, 5.41) is 2.66. The first kappa shape index (κ1) is 21.3. The molecule has 1 N–H and O–H groups in total. The third kappa shape index (κ3) is 7.75. The highest BCUT2D eigenvalue weighted by atomic mass is 16.6. The van der Waals surface area contributed by atoms with Gasteiger partial charge in [-0.2, -0.15) is 0 Å². The van der Waals surface area contributed by atoms with Crippen molar-refractivity contribution in [2.24, 2.45) is 0 Å². The summed E-state index contributed by atoms with van der Waals surface area (Å²) >= 11 is 0. The highest BCUT2D eigenvalue weighted by molar-refractivity contribution is 5.88. The average molecular weight is 356 g/mol. The summed E-state index contributed by atoms with van der Waals surface area (Å²) in [5.41, 5.74) is -0.587. The standard InChI is InChI=1S/C18H32N2O5/c1-6-24-15(21)10-8-7-9-11-20-13(2)12-14(16(20)22)19-17(23)25-18(3,4)5/h13-14H,6-12H2,1-5H3,(H,19,23). The largest absolute Gasteiger partial charge is 0.466 e. The molecule has 1 heterocycles. The molecular formula is C18H32N2O5. The molecule has 1 aliphatic rings. The highest BCUT2D eigenvalue weighted by Gasteiger charge is 2.38. The lowest BCUT2D eigenvalue weighted by molar-refractivity contribution is -0.143. The highest BCUT2D eigenvalue weighted by Crippen LogP contribution is 2.20. The van der Waals surface area contributed by atoms with Crippen LogP contribution in [0.2, 0.25) is 0 Å². The van der Waals surface area contributed by atoms with Gasteiger partial charge in [-0.05, 0) is 53.9 Å². The smallest absolute Gasteiger partial charge is 0.408 e. The number of carbonyl (C=O) groups excluding carboxylic acids is 3.